The second kappa shape index (κ2) is 7.77. The van der Waals surface area contributed by atoms with Crippen molar-refractivity contribution in [1.29, 1.82) is 0 Å². The predicted molar refractivity (Wildman–Crippen MR) is 94.6 cm³/mol. The van der Waals surface area contributed by atoms with Gasteiger partial charge in [-0.15, -0.1) is 0 Å². The Hall–Kier alpha value is -3.56. The lowest BCUT2D eigenvalue weighted by Gasteiger charge is -2.14. The number of nitrogens with zero attached hydrogens (tertiary/aromatic N) is 5. The molecule has 2 N–H and O–H groups in total. The average Bonchev–Trinajstić information content (AvgIpc) is 2.67. The first kappa shape index (κ1) is 18.2. The third kappa shape index (κ3) is 4.75. The number of benzene rings is 1. The van der Waals surface area contributed by atoms with E-state index >= 15 is 0 Å². The molecule has 0 saturated carbocycles. The largest absolute Gasteiger partial charge is 0.421 e. The first-order chi connectivity index (χ1) is 12.9. The molecule has 0 bridgehead atoms. The maximum absolute atomic E-state index is 13.2. The van der Waals surface area contributed by atoms with E-state index in [4.69, 9.17) is 0 Å². The lowest BCUT2D eigenvalue weighted by atomic mass is 10.2. The van der Waals surface area contributed by atoms with E-state index in [2.05, 4.69) is 35.8 Å². The highest BCUT2D eigenvalue weighted by Crippen LogP contribution is 2.35. The van der Waals surface area contributed by atoms with Gasteiger partial charge in [0.2, 0.25) is 5.95 Å². The van der Waals surface area contributed by atoms with Crippen LogP contribution in [0.2, 0.25) is 0 Å². The molecule has 27 heavy (non-hydrogen) atoms. The number of anilines is 3. The molecule has 10 heteroatoms. The number of hydrogen-bond donors (Lipinski definition) is 2. The maximum atomic E-state index is 13.2. The van der Waals surface area contributed by atoms with Gasteiger partial charge in [0.15, 0.2) is 0 Å². The molecule has 1 aromatic carbocycles. The Morgan fingerprint density at radius 2 is 1.81 bits per heavy atom. The summed E-state index contributed by atoms with van der Waals surface area (Å²) < 4.78 is 39.7. The monoisotopic (exact) mass is 373 g/mol. The molecule has 138 valence electrons. The SMILES string of the molecule is CC(=NNc1ncc(C(F)(F)F)c(Nc2ccccc2)n1)c1cnccn1. The molecule has 0 atom stereocenters. The van der Waals surface area contributed by atoms with E-state index < -0.39 is 11.7 Å². The molecular weight excluding hydrogens is 359 g/mol. The van der Waals surface area contributed by atoms with E-state index in [1.165, 1.54) is 18.6 Å². The number of rotatable bonds is 5. The molecule has 0 fully saturated rings. The maximum Gasteiger partial charge on any atom is 0.421 e. The topological polar surface area (TPSA) is 88.0 Å². The van der Waals surface area contributed by atoms with Crippen molar-refractivity contribution in [3.63, 3.8) is 0 Å². The fourth-order valence-electron chi connectivity index (χ4n) is 2.07. The van der Waals surface area contributed by atoms with Gasteiger partial charge >= 0.3 is 6.18 Å². The van der Waals surface area contributed by atoms with Crippen LogP contribution in [-0.4, -0.2) is 25.6 Å². The zero-order chi connectivity index (χ0) is 19.3. The third-order valence-electron chi connectivity index (χ3n) is 3.39. The number of para-hydroxylation sites is 1. The van der Waals surface area contributed by atoms with Gasteiger partial charge in [-0.25, -0.2) is 10.4 Å². The van der Waals surface area contributed by atoms with Gasteiger partial charge in [-0.2, -0.15) is 23.3 Å². The highest BCUT2D eigenvalue weighted by atomic mass is 19.4. The summed E-state index contributed by atoms with van der Waals surface area (Å²) in [4.78, 5) is 15.6. The summed E-state index contributed by atoms with van der Waals surface area (Å²) in [7, 11) is 0. The van der Waals surface area contributed by atoms with Crippen molar-refractivity contribution in [3.8, 4) is 0 Å². The van der Waals surface area contributed by atoms with Crippen molar-refractivity contribution in [3.05, 3.63) is 66.4 Å². The number of nitrogens with one attached hydrogen (secondary N) is 2. The smallest absolute Gasteiger partial charge is 0.340 e. The van der Waals surface area contributed by atoms with Crippen molar-refractivity contribution in [2.45, 2.75) is 13.1 Å². The van der Waals surface area contributed by atoms with Gasteiger partial charge in [0.1, 0.15) is 17.1 Å². The molecule has 0 radical (unpaired) electrons. The van der Waals surface area contributed by atoms with Crippen LogP contribution < -0.4 is 10.7 Å². The summed E-state index contributed by atoms with van der Waals surface area (Å²) in [5, 5.41) is 6.69. The zero-order valence-electron chi connectivity index (χ0n) is 14.1. The number of halogens is 3. The fourth-order valence-corrected chi connectivity index (χ4v) is 2.07. The second-order valence-corrected chi connectivity index (χ2v) is 5.34. The molecule has 0 saturated heterocycles. The molecule has 0 amide bonds. The minimum atomic E-state index is -4.60. The fraction of sp³-hybridized carbons (Fsp3) is 0.118. The van der Waals surface area contributed by atoms with Gasteiger partial charge in [-0.1, -0.05) is 18.2 Å². The summed E-state index contributed by atoms with van der Waals surface area (Å²) in [6.45, 7) is 1.67. The second-order valence-electron chi connectivity index (χ2n) is 5.34. The van der Waals surface area contributed by atoms with Gasteiger partial charge in [0.05, 0.1) is 11.9 Å². The first-order valence-corrected chi connectivity index (χ1v) is 7.76. The van der Waals surface area contributed by atoms with Crippen LogP contribution in [-0.2, 0) is 6.18 Å². The molecule has 2 aromatic heterocycles. The van der Waals surface area contributed by atoms with Crippen molar-refractivity contribution >= 4 is 23.2 Å². The van der Waals surface area contributed by atoms with Crippen molar-refractivity contribution < 1.29 is 13.2 Å². The van der Waals surface area contributed by atoms with Gasteiger partial charge in [0, 0.05) is 24.3 Å². The Kier molecular flexibility index (Phi) is 5.25. The van der Waals surface area contributed by atoms with E-state index in [0.717, 1.165) is 0 Å². The van der Waals surface area contributed by atoms with Crippen LogP contribution in [0, 0.1) is 0 Å². The Balaban J connectivity index is 1.87. The van der Waals surface area contributed by atoms with Crippen LogP contribution in [0.15, 0.2) is 60.2 Å². The number of hydrazone groups is 1. The molecule has 0 aliphatic heterocycles. The van der Waals surface area contributed by atoms with Gasteiger partial charge in [0.25, 0.3) is 0 Å². The number of aromatic nitrogens is 4. The first-order valence-electron chi connectivity index (χ1n) is 7.76. The Morgan fingerprint density at radius 3 is 2.48 bits per heavy atom. The van der Waals surface area contributed by atoms with Crippen molar-refractivity contribution in [1.82, 2.24) is 19.9 Å². The number of alkyl halides is 3. The minimum Gasteiger partial charge on any atom is -0.340 e. The van der Waals surface area contributed by atoms with E-state index in [0.29, 0.717) is 23.3 Å². The highest BCUT2D eigenvalue weighted by Gasteiger charge is 2.35. The normalized spacial score (nSPS) is 11.9. The molecule has 0 aliphatic rings. The van der Waals surface area contributed by atoms with Crippen molar-refractivity contribution in [2.24, 2.45) is 5.10 Å². The zero-order valence-corrected chi connectivity index (χ0v) is 14.1. The predicted octanol–water partition coefficient (Wildman–Crippen LogP) is 3.87. The van der Waals surface area contributed by atoms with Gasteiger partial charge < -0.3 is 5.32 Å². The van der Waals surface area contributed by atoms with Crippen LogP contribution in [0.5, 0.6) is 0 Å². The standard InChI is InChI=1S/C17H14F3N7/c1-11(14-10-21-7-8-22-14)26-27-16-23-9-13(17(18,19)20)15(25-16)24-12-5-3-2-4-6-12/h2-10H,1H3,(H2,23,24,25,27). The Bertz CT molecular complexity index is 928. The summed E-state index contributed by atoms with van der Waals surface area (Å²) in [5.74, 6) is -0.469. The molecule has 2 heterocycles. The van der Waals surface area contributed by atoms with Crippen LogP contribution in [0.3, 0.4) is 0 Å². The van der Waals surface area contributed by atoms with Gasteiger partial charge in [-0.05, 0) is 19.1 Å². The molecular formula is C17H14F3N7. The van der Waals surface area contributed by atoms with Crippen LogP contribution in [0.4, 0.5) is 30.6 Å². The van der Waals surface area contributed by atoms with Crippen molar-refractivity contribution in [2.75, 3.05) is 10.7 Å². The Morgan fingerprint density at radius 1 is 1.04 bits per heavy atom. The molecule has 3 aromatic rings. The molecule has 0 aliphatic carbocycles. The van der Waals surface area contributed by atoms with E-state index in [-0.39, 0.29) is 11.8 Å². The summed E-state index contributed by atoms with van der Waals surface area (Å²) in [6.07, 6.45) is 0.633. The molecule has 0 unspecified atom stereocenters. The van der Waals surface area contributed by atoms with Crippen LogP contribution >= 0.6 is 0 Å². The van der Waals surface area contributed by atoms with Gasteiger partial charge in [-0.3, -0.25) is 9.97 Å². The van der Waals surface area contributed by atoms with Crippen LogP contribution in [0.25, 0.3) is 0 Å². The van der Waals surface area contributed by atoms with E-state index in [9.17, 15) is 13.2 Å². The minimum absolute atomic E-state index is 0.0929. The molecule has 3 rings (SSSR count). The highest BCUT2D eigenvalue weighted by molar-refractivity contribution is 5.96. The third-order valence-corrected chi connectivity index (χ3v) is 3.39. The summed E-state index contributed by atoms with van der Waals surface area (Å²) in [5.41, 5.74) is 3.01. The van der Waals surface area contributed by atoms with Crippen LogP contribution in [0.1, 0.15) is 18.2 Å². The lowest BCUT2D eigenvalue weighted by molar-refractivity contribution is -0.137. The molecule has 0 spiro atoms. The molecule has 7 nitrogen and oxygen atoms in total. The summed E-state index contributed by atoms with van der Waals surface area (Å²) in [6, 6.07) is 8.42. The number of hydrogen-bond acceptors (Lipinski definition) is 7. The average molecular weight is 373 g/mol. The Labute approximate surface area is 152 Å². The van der Waals surface area contributed by atoms with E-state index in [1.807, 2.05) is 0 Å². The summed E-state index contributed by atoms with van der Waals surface area (Å²) >= 11 is 0. The van der Waals surface area contributed by atoms with E-state index in [1.54, 1.807) is 37.3 Å². The lowest BCUT2D eigenvalue weighted by Crippen LogP contribution is -2.13. The quantitative estimate of drug-likeness (QED) is 0.522.